The number of ether oxygens (including phenoxy) is 3. The number of aliphatic hydroxyl groups excluding tert-OH is 3. The van der Waals surface area contributed by atoms with Crippen molar-refractivity contribution < 1.29 is 34.6 Å². The van der Waals surface area contributed by atoms with Crippen LogP contribution >= 0.6 is 0 Å². The maximum atomic E-state index is 10.1. The van der Waals surface area contributed by atoms with Gasteiger partial charge in [-0.15, -0.1) is 0 Å². The normalized spacial score (nSPS) is 33.6. The van der Waals surface area contributed by atoms with Gasteiger partial charge in [0, 0.05) is 7.11 Å². The highest BCUT2D eigenvalue weighted by atomic mass is 16.7. The van der Waals surface area contributed by atoms with Gasteiger partial charge >= 0.3 is 0 Å². The first kappa shape index (κ1) is 17.1. The molecule has 0 bridgehead atoms. The van der Waals surface area contributed by atoms with Crippen LogP contribution in [-0.4, -0.2) is 64.8 Å². The van der Waals surface area contributed by atoms with Gasteiger partial charge in [0.15, 0.2) is 6.29 Å². The molecule has 4 N–H and O–H groups in total. The second-order valence-electron chi connectivity index (χ2n) is 5.28. The molecular weight excluding hydrogens is 292 g/mol. The number of hydrogen-bond donors (Lipinski definition) is 4. The highest BCUT2D eigenvalue weighted by molar-refractivity contribution is 5.27. The Balaban J connectivity index is 2.09. The molecule has 0 aliphatic carbocycles. The number of rotatable bonds is 5. The minimum Gasteiger partial charge on any atom is -0.508 e. The molecule has 0 amide bonds. The first-order valence-electron chi connectivity index (χ1n) is 7.07. The molecule has 1 aromatic rings. The fourth-order valence-corrected chi connectivity index (χ4v) is 2.44. The van der Waals surface area contributed by atoms with E-state index in [1.54, 1.807) is 31.2 Å². The fourth-order valence-electron chi connectivity index (χ4n) is 2.44. The molecule has 0 spiro atoms. The van der Waals surface area contributed by atoms with Crippen LogP contribution in [0.4, 0.5) is 0 Å². The van der Waals surface area contributed by atoms with Gasteiger partial charge < -0.3 is 34.6 Å². The van der Waals surface area contributed by atoms with Crippen LogP contribution in [0.5, 0.6) is 5.75 Å². The molecule has 1 saturated heterocycles. The van der Waals surface area contributed by atoms with E-state index in [4.69, 9.17) is 14.2 Å². The molecule has 6 atom stereocenters. The Morgan fingerprint density at radius 2 is 1.82 bits per heavy atom. The summed E-state index contributed by atoms with van der Waals surface area (Å²) in [6.07, 6.45) is -5.64. The highest BCUT2D eigenvalue weighted by Crippen LogP contribution is 2.29. The minimum absolute atomic E-state index is 0.151. The van der Waals surface area contributed by atoms with E-state index >= 15 is 0 Å². The number of methoxy groups -OCH3 is 1. The molecule has 1 heterocycles. The van der Waals surface area contributed by atoms with Crippen molar-refractivity contribution in [1.82, 2.24) is 0 Å². The zero-order chi connectivity index (χ0) is 16.3. The van der Waals surface area contributed by atoms with Gasteiger partial charge in [0.05, 0.1) is 12.7 Å². The summed E-state index contributed by atoms with van der Waals surface area (Å²) in [5.74, 6) is 0.151. The number of aliphatic hydroxyl groups is 3. The predicted molar refractivity (Wildman–Crippen MR) is 76.2 cm³/mol. The number of phenolic OH excluding ortho intramolecular Hbond substituents is 1. The molecule has 22 heavy (non-hydrogen) atoms. The molecule has 2 rings (SSSR count). The molecule has 1 unspecified atom stereocenters. The summed E-state index contributed by atoms with van der Waals surface area (Å²) in [5.41, 5.74) is 0.803. The quantitative estimate of drug-likeness (QED) is 0.602. The van der Waals surface area contributed by atoms with Gasteiger partial charge in [-0.3, -0.25) is 0 Å². The molecule has 0 saturated carbocycles. The first-order valence-corrected chi connectivity index (χ1v) is 7.07. The molecule has 1 aliphatic heterocycles. The summed E-state index contributed by atoms with van der Waals surface area (Å²) >= 11 is 0. The third-order valence-electron chi connectivity index (χ3n) is 3.80. The van der Waals surface area contributed by atoms with Crippen molar-refractivity contribution >= 4 is 0 Å². The Labute approximate surface area is 128 Å². The Bertz CT molecular complexity index is 463. The summed E-state index contributed by atoms with van der Waals surface area (Å²) in [6.45, 7) is 1.34. The van der Waals surface area contributed by atoms with E-state index in [0.29, 0.717) is 0 Å². The first-order chi connectivity index (χ1) is 10.5. The van der Waals surface area contributed by atoms with Crippen molar-refractivity contribution in [3.05, 3.63) is 29.8 Å². The smallest absolute Gasteiger partial charge is 0.187 e. The summed E-state index contributed by atoms with van der Waals surface area (Å²) < 4.78 is 16.4. The van der Waals surface area contributed by atoms with E-state index < -0.39 is 43.4 Å². The van der Waals surface area contributed by atoms with Gasteiger partial charge in [-0.2, -0.15) is 0 Å². The molecule has 0 aromatic heterocycles. The summed E-state index contributed by atoms with van der Waals surface area (Å²) in [4.78, 5) is 0. The molecule has 1 aliphatic rings. The van der Waals surface area contributed by atoms with Crippen LogP contribution in [0.2, 0.25) is 0 Å². The lowest BCUT2D eigenvalue weighted by molar-refractivity contribution is -0.315. The molecular formula is C15H22O7. The van der Waals surface area contributed by atoms with E-state index in [-0.39, 0.29) is 5.75 Å². The lowest BCUT2D eigenvalue weighted by Crippen LogP contribution is -2.59. The molecule has 124 valence electrons. The van der Waals surface area contributed by atoms with Crippen molar-refractivity contribution in [3.8, 4) is 5.75 Å². The molecule has 7 heteroatoms. The lowest BCUT2D eigenvalue weighted by Gasteiger charge is -2.42. The van der Waals surface area contributed by atoms with E-state index in [2.05, 4.69) is 0 Å². The van der Waals surface area contributed by atoms with Crippen LogP contribution in [0.15, 0.2) is 24.3 Å². The van der Waals surface area contributed by atoms with Crippen molar-refractivity contribution in [2.24, 2.45) is 0 Å². The molecule has 7 nitrogen and oxygen atoms in total. The number of hydrogen-bond acceptors (Lipinski definition) is 7. The summed E-state index contributed by atoms with van der Waals surface area (Å²) in [6, 6.07) is 6.50. The zero-order valence-corrected chi connectivity index (χ0v) is 12.5. The SMILES string of the molecule is CO[C@H]1[C@H](OC(C)c2ccc(O)cc2)O[C@H](CO)[C@@H](O)[C@@H]1O. The summed E-state index contributed by atoms with van der Waals surface area (Å²) in [7, 11) is 1.38. The van der Waals surface area contributed by atoms with Crippen molar-refractivity contribution in [2.45, 2.75) is 43.7 Å². The number of phenols is 1. The van der Waals surface area contributed by atoms with E-state index in [0.717, 1.165) is 5.56 Å². The Kier molecular flexibility index (Phi) is 5.74. The maximum Gasteiger partial charge on any atom is 0.187 e. The van der Waals surface area contributed by atoms with E-state index in [1.165, 1.54) is 7.11 Å². The Hall–Kier alpha value is -1.22. The van der Waals surface area contributed by atoms with Crippen LogP contribution in [0, 0.1) is 0 Å². The lowest BCUT2D eigenvalue weighted by atomic mass is 9.99. The van der Waals surface area contributed by atoms with Crippen molar-refractivity contribution in [1.29, 1.82) is 0 Å². The van der Waals surface area contributed by atoms with E-state index in [1.807, 2.05) is 0 Å². The topological polar surface area (TPSA) is 109 Å². The van der Waals surface area contributed by atoms with Crippen LogP contribution in [0.3, 0.4) is 0 Å². The second-order valence-corrected chi connectivity index (χ2v) is 5.28. The molecule has 1 aromatic carbocycles. The van der Waals surface area contributed by atoms with Gasteiger partial charge in [-0.05, 0) is 24.6 Å². The monoisotopic (exact) mass is 314 g/mol. The standard InChI is InChI=1S/C15H22O7/c1-8(9-3-5-10(17)6-4-9)21-15-14(20-2)13(19)12(18)11(7-16)22-15/h3-6,8,11-19H,7H2,1-2H3/t8?,11-,12-,13+,14-,15-/m1/s1. The predicted octanol–water partition coefficient (Wildman–Crippen LogP) is -0.0762. The molecule has 1 fully saturated rings. The van der Waals surface area contributed by atoms with Crippen LogP contribution < -0.4 is 0 Å². The maximum absolute atomic E-state index is 10.1. The van der Waals surface area contributed by atoms with Gasteiger partial charge in [-0.25, -0.2) is 0 Å². The second kappa shape index (κ2) is 7.36. The molecule has 0 radical (unpaired) electrons. The highest BCUT2D eigenvalue weighted by Gasteiger charge is 2.45. The van der Waals surface area contributed by atoms with Crippen molar-refractivity contribution in [3.63, 3.8) is 0 Å². The van der Waals surface area contributed by atoms with Gasteiger partial charge in [0.25, 0.3) is 0 Å². The Morgan fingerprint density at radius 3 is 2.36 bits per heavy atom. The third-order valence-corrected chi connectivity index (χ3v) is 3.80. The zero-order valence-electron chi connectivity index (χ0n) is 12.5. The van der Waals surface area contributed by atoms with Crippen LogP contribution in [0.25, 0.3) is 0 Å². The van der Waals surface area contributed by atoms with Crippen LogP contribution in [0.1, 0.15) is 18.6 Å². The van der Waals surface area contributed by atoms with Crippen molar-refractivity contribution in [2.75, 3.05) is 13.7 Å². The third kappa shape index (κ3) is 3.57. The number of aromatic hydroxyl groups is 1. The van der Waals surface area contributed by atoms with Gasteiger partial charge in [-0.1, -0.05) is 12.1 Å². The minimum atomic E-state index is -1.25. The fraction of sp³-hybridized carbons (Fsp3) is 0.600. The van der Waals surface area contributed by atoms with E-state index in [9.17, 15) is 20.4 Å². The largest absolute Gasteiger partial charge is 0.508 e. The average Bonchev–Trinajstić information content (AvgIpc) is 2.51. The average molecular weight is 314 g/mol. The van der Waals surface area contributed by atoms with Gasteiger partial charge in [0.2, 0.25) is 0 Å². The van der Waals surface area contributed by atoms with Crippen LogP contribution in [-0.2, 0) is 14.2 Å². The number of benzene rings is 1. The Morgan fingerprint density at radius 1 is 1.18 bits per heavy atom. The summed E-state index contributed by atoms with van der Waals surface area (Å²) in [5, 5.41) is 38.4. The van der Waals surface area contributed by atoms with Gasteiger partial charge in [0.1, 0.15) is 30.2 Å².